The third-order valence-electron chi connectivity index (χ3n) is 4.42. The van der Waals surface area contributed by atoms with Gasteiger partial charge in [0.1, 0.15) is 0 Å². The Morgan fingerprint density at radius 3 is 2.71 bits per heavy atom. The largest absolute Gasteiger partial charge is 0.376 e. The van der Waals surface area contributed by atoms with Gasteiger partial charge >= 0.3 is 0 Å². The molecule has 0 aliphatic rings. The molecule has 2 aromatic carbocycles. The topological polar surface area (TPSA) is 93.3 Å². The van der Waals surface area contributed by atoms with E-state index in [0.29, 0.717) is 39.9 Å². The van der Waals surface area contributed by atoms with Crippen molar-refractivity contribution < 1.29 is 4.79 Å². The van der Waals surface area contributed by atoms with Crippen molar-refractivity contribution in [3.05, 3.63) is 63.7 Å². The number of halogens is 1. The third kappa shape index (κ3) is 3.07. The molecule has 9 heteroatoms. The van der Waals surface area contributed by atoms with Gasteiger partial charge in [-0.05, 0) is 30.3 Å². The van der Waals surface area contributed by atoms with E-state index in [2.05, 4.69) is 20.8 Å². The predicted molar refractivity (Wildman–Crippen MR) is 109 cm³/mol. The van der Waals surface area contributed by atoms with Crippen molar-refractivity contribution in [2.75, 3.05) is 10.6 Å². The van der Waals surface area contributed by atoms with Crippen molar-refractivity contribution in [2.24, 2.45) is 7.05 Å². The summed E-state index contributed by atoms with van der Waals surface area (Å²) >= 11 is 6.10. The normalized spacial score (nSPS) is 11.1. The van der Waals surface area contributed by atoms with Crippen molar-refractivity contribution in [1.29, 1.82) is 0 Å². The highest BCUT2D eigenvalue weighted by atomic mass is 35.5. The number of rotatable bonds is 4. The molecule has 0 aliphatic carbocycles. The van der Waals surface area contributed by atoms with E-state index in [0.717, 1.165) is 5.52 Å². The van der Waals surface area contributed by atoms with Crippen LogP contribution in [0.25, 0.3) is 16.7 Å². The van der Waals surface area contributed by atoms with Crippen molar-refractivity contribution in [1.82, 2.24) is 19.2 Å². The van der Waals surface area contributed by atoms with Gasteiger partial charge in [0.2, 0.25) is 11.7 Å². The molecule has 0 atom stereocenters. The molecule has 4 rings (SSSR count). The van der Waals surface area contributed by atoms with E-state index < -0.39 is 0 Å². The molecule has 8 nitrogen and oxygen atoms in total. The summed E-state index contributed by atoms with van der Waals surface area (Å²) in [7, 11) is 1.67. The maximum atomic E-state index is 12.5. The number of carbonyl (C=O) groups excluding carboxylic acids is 1. The molecular formula is C19H17ClN6O2. The second-order valence-electron chi connectivity index (χ2n) is 6.36. The maximum Gasteiger partial charge on any atom is 0.262 e. The average molecular weight is 397 g/mol. The SMILES string of the molecule is CC(=O)Nc1ccc(Cl)cc1NCc1nnc2n(C)c(=O)c3ccccc3n12. The number of nitrogens with zero attached hydrogens (tertiary/aromatic N) is 4. The number of nitrogens with one attached hydrogen (secondary N) is 2. The summed E-state index contributed by atoms with van der Waals surface area (Å²) in [4.78, 5) is 24.0. The Balaban J connectivity index is 1.77. The first-order chi connectivity index (χ1) is 13.5. The smallest absolute Gasteiger partial charge is 0.262 e. The molecule has 1 amide bonds. The van der Waals surface area contributed by atoms with Crippen molar-refractivity contribution in [2.45, 2.75) is 13.5 Å². The lowest BCUT2D eigenvalue weighted by atomic mass is 10.2. The summed E-state index contributed by atoms with van der Waals surface area (Å²) in [5, 5.41) is 15.5. The zero-order chi connectivity index (χ0) is 19.8. The van der Waals surface area contributed by atoms with Gasteiger partial charge in [0, 0.05) is 19.0 Å². The second kappa shape index (κ2) is 6.97. The van der Waals surface area contributed by atoms with Crippen molar-refractivity contribution in [3.63, 3.8) is 0 Å². The zero-order valence-electron chi connectivity index (χ0n) is 15.2. The summed E-state index contributed by atoms with van der Waals surface area (Å²) in [6, 6.07) is 12.5. The molecular weight excluding hydrogens is 380 g/mol. The van der Waals surface area contributed by atoms with Crippen molar-refractivity contribution in [3.8, 4) is 0 Å². The Kier molecular flexibility index (Phi) is 4.48. The van der Waals surface area contributed by atoms with Gasteiger partial charge < -0.3 is 10.6 Å². The molecule has 0 spiro atoms. The zero-order valence-corrected chi connectivity index (χ0v) is 16.0. The fourth-order valence-electron chi connectivity index (χ4n) is 3.14. The predicted octanol–water partition coefficient (Wildman–Crippen LogP) is 2.81. The Labute approximate surface area is 164 Å². The molecule has 2 aromatic heterocycles. The van der Waals surface area contributed by atoms with Crippen LogP contribution in [0.5, 0.6) is 0 Å². The molecule has 0 saturated heterocycles. The van der Waals surface area contributed by atoms with Gasteiger partial charge in [0.05, 0.1) is 28.8 Å². The fourth-order valence-corrected chi connectivity index (χ4v) is 3.31. The molecule has 2 heterocycles. The Morgan fingerprint density at radius 1 is 1.14 bits per heavy atom. The summed E-state index contributed by atoms with van der Waals surface area (Å²) in [5.41, 5.74) is 1.88. The fraction of sp³-hybridized carbons (Fsp3) is 0.158. The number of anilines is 2. The highest BCUT2D eigenvalue weighted by Gasteiger charge is 2.15. The number of amides is 1. The lowest BCUT2D eigenvalue weighted by molar-refractivity contribution is -0.114. The molecule has 0 bridgehead atoms. The highest BCUT2D eigenvalue weighted by molar-refractivity contribution is 6.31. The van der Waals surface area contributed by atoms with E-state index in [-0.39, 0.29) is 11.5 Å². The number of aromatic nitrogens is 4. The molecule has 0 fully saturated rings. The van der Waals surface area contributed by atoms with E-state index in [1.807, 2.05) is 22.6 Å². The molecule has 4 aromatic rings. The third-order valence-corrected chi connectivity index (χ3v) is 4.66. The van der Waals surface area contributed by atoms with E-state index in [9.17, 15) is 9.59 Å². The Morgan fingerprint density at radius 2 is 1.93 bits per heavy atom. The number of para-hydroxylation sites is 1. The summed E-state index contributed by atoms with van der Waals surface area (Å²) in [5.74, 6) is 0.892. The molecule has 0 unspecified atom stereocenters. The quantitative estimate of drug-likeness (QED) is 0.553. The minimum atomic E-state index is -0.181. The Bertz CT molecular complexity index is 1280. The minimum absolute atomic E-state index is 0.127. The van der Waals surface area contributed by atoms with Crippen LogP contribution in [0.1, 0.15) is 12.7 Å². The summed E-state index contributed by atoms with van der Waals surface area (Å²) in [6.07, 6.45) is 0. The summed E-state index contributed by atoms with van der Waals surface area (Å²) < 4.78 is 3.31. The van der Waals surface area contributed by atoms with E-state index >= 15 is 0 Å². The second-order valence-corrected chi connectivity index (χ2v) is 6.79. The van der Waals surface area contributed by atoms with Gasteiger partial charge in [0.15, 0.2) is 5.82 Å². The lowest BCUT2D eigenvalue weighted by Gasteiger charge is -2.13. The number of hydrogen-bond acceptors (Lipinski definition) is 5. The lowest BCUT2D eigenvalue weighted by Crippen LogP contribution is -2.20. The first-order valence-electron chi connectivity index (χ1n) is 8.58. The molecule has 0 aliphatic heterocycles. The van der Waals surface area contributed by atoms with Gasteiger partial charge in [0.25, 0.3) is 5.56 Å². The van der Waals surface area contributed by atoms with Crippen LogP contribution in [-0.2, 0) is 18.4 Å². The van der Waals surface area contributed by atoms with Crippen LogP contribution in [0.4, 0.5) is 11.4 Å². The van der Waals surface area contributed by atoms with Crippen LogP contribution in [0.15, 0.2) is 47.3 Å². The van der Waals surface area contributed by atoms with E-state index in [1.165, 1.54) is 11.5 Å². The van der Waals surface area contributed by atoms with Gasteiger partial charge in [-0.3, -0.25) is 18.6 Å². The van der Waals surface area contributed by atoms with Crippen LogP contribution in [0.3, 0.4) is 0 Å². The molecule has 0 saturated carbocycles. The van der Waals surface area contributed by atoms with Gasteiger partial charge in [-0.25, -0.2) is 0 Å². The first kappa shape index (κ1) is 18.0. The number of carbonyl (C=O) groups is 1. The van der Waals surface area contributed by atoms with Crippen LogP contribution in [0.2, 0.25) is 5.02 Å². The minimum Gasteiger partial charge on any atom is -0.376 e. The number of fused-ring (bicyclic) bond motifs is 3. The van der Waals surface area contributed by atoms with E-state index in [1.54, 1.807) is 31.3 Å². The number of benzene rings is 2. The van der Waals surface area contributed by atoms with Crippen molar-refractivity contribution >= 4 is 45.6 Å². The standard InChI is InChI=1S/C19H17ClN6O2/c1-11(27)22-14-8-7-12(20)9-15(14)21-10-17-23-24-19-25(2)18(28)13-5-3-4-6-16(13)26(17)19/h3-9,21H,10H2,1-2H3,(H,22,27). The average Bonchev–Trinajstić information content (AvgIpc) is 3.10. The monoisotopic (exact) mass is 396 g/mol. The van der Waals surface area contributed by atoms with Gasteiger partial charge in [-0.15, -0.1) is 10.2 Å². The molecule has 2 N–H and O–H groups in total. The number of aryl methyl sites for hydroxylation is 1. The highest BCUT2D eigenvalue weighted by Crippen LogP contribution is 2.26. The number of hydrogen-bond donors (Lipinski definition) is 2. The van der Waals surface area contributed by atoms with Crippen LogP contribution in [0, 0.1) is 0 Å². The van der Waals surface area contributed by atoms with Gasteiger partial charge in [-0.1, -0.05) is 23.7 Å². The van der Waals surface area contributed by atoms with Crippen LogP contribution in [-0.4, -0.2) is 25.1 Å². The van der Waals surface area contributed by atoms with Crippen LogP contribution >= 0.6 is 11.6 Å². The maximum absolute atomic E-state index is 12.5. The Hall–Kier alpha value is -3.39. The van der Waals surface area contributed by atoms with Gasteiger partial charge in [-0.2, -0.15) is 0 Å². The molecule has 28 heavy (non-hydrogen) atoms. The summed E-state index contributed by atoms with van der Waals surface area (Å²) in [6.45, 7) is 1.76. The molecule has 142 valence electrons. The first-order valence-corrected chi connectivity index (χ1v) is 8.96. The van der Waals surface area contributed by atoms with Crippen LogP contribution < -0.4 is 16.2 Å². The molecule has 0 radical (unpaired) electrons. The van der Waals surface area contributed by atoms with E-state index in [4.69, 9.17) is 11.6 Å².